The van der Waals surface area contributed by atoms with Crippen LogP contribution in [0.15, 0.2) is 19.7 Å². The van der Waals surface area contributed by atoms with Crippen molar-refractivity contribution in [3.63, 3.8) is 0 Å². The van der Waals surface area contributed by atoms with Gasteiger partial charge in [0, 0.05) is 16.3 Å². The number of aryl methyl sites for hydroxylation is 4. The minimum absolute atomic E-state index is 0.197. The molecule has 0 radical (unpaired) electrons. The molecule has 0 saturated heterocycles. The second-order valence-electron chi connectivity index (χ2n) is 8.61. The molecule has 0 aliphatic rings. The highest BCUT2D eigenvalue weighted by Crippen LogP contribution is 2.34. The number of amides is 2. The second-order valence-corrected chi connectivity index (χ2v) is 8.61. The van der Waals surface area contributed by atoms with Crippen LogP contribution in [0.4, 0.5) is 0 Å². The maximum atomic E-state index is 12.7. The Labute approximate surface area is 190 Å². The lowest BCUT2D eigenvalue weighted by Gasteiger charge is -2.18. The van der Waals surface area contributed by atoms with E-state index in [0.29, 0.717) is 27.7 Å². The molecular weight excluding hydrogens is 428 g/mol. The highest BCUT2D eigenvalue weighted by Gasteiger charge is 2.24. The van der Waals surface area contributed by atoms with Crippen molar-refractivity contribution in [1.29, 1.82) is 0 Å². The fraction of sp³-hybridized carbons (Fsp3) is 0.417. The molecule has 0 unspecified atom stereocenters. The number of nitrogens with one attached hydrogen (secondary N) is 2. The molecule has 2 heterocycles. The molecule has 3 rings (SSSR count). The molecule has 0 fully saturated rings. The molecular formula is C24H28N2O7. The summed E-state index contributed by atoms with van der Waals surface area (Å²) in [6, 6.07) is 0.841. The highest BCUT2D eigenvalue weighted by molar-refractivity contribution is 6.00. The number of rotatable bonds is 7. The molecule has 0 spiro atoms. The number of carboxylic acids is 1. The van der Waals surface area contributed by atoms with Crippen LogP contribution in [0.3, 0.4) is 0 Å². The number of carbonyl (C=O) groups excluding carboxylic acids is 2. The molecule has 0 saturated carbocycles. The van der Waals surface area contributed by atoms with Crippen molar-refractivity contribution in [3.8, 4) is 0 Å². The van der Waals surface area contributed by atoms with Crippen LogP contribution in [-0.4, -0.2) is 35.5 Å². The topological polar surface area (TPSA) is 139 Å². The molecule has 0 bridgehead atoms. The first-order valence-electron chi connectivity index (χ1n) is 10.7. The number of fused-ring (bicyclic) bond motifs is 2. The van der Waals surface area contributed by atoms with Gasteiger partial charge in [-0.25, -0.2) is 9.59 Å². The molecule has 9 heteroatoms. The standard InChI is InChI=1S/C24H28N2O7/c1-10(2)20(23(29)30)26-19(28)9-25-18(27)8-17-12(4)16-7-15-11(3)14(6)32-21(15)13(5)22(16)33-24(17)31/h7,10,20H,8-9H2,1-6H3,(H,25,27)(H,26,28)(H,29,30)/t20-/m1/s1. The van der Waals surface area contributed by atoms with Crippen molar-refractivity contribution in [2.45, 2.75) is 54.0 Å². The van der Waals surface area contributed by atoms with Crippen LogP contribution in [0.25, 0.3) is 21.9 Å². The Hall–Kier alpha value is -3.62. The molecule has 2 aromatic heterocycles. The van der Waals surface area contributed by atoms with Crippen LogP contribution in [0.2, 0.25) is 0 Å². The van der Waals surface area contributed by atoms with Gasteiger partial charge in [-0.15, -0.1) is 0 Å². The molecule has 3 aromatic rings. The van der Waals surface area contributed by atoms with Crippen molar-refractivity contribution >= 4 is 39.7 Å². The molecule has 1 aromatic carbocycles. The van der Waals surface area contributed by atoms with Gasteiger partial charge in [0.05, 0.1) is 18.5 Å². The highest BCUT2D eigenvalue weighted by atomic mass is 16.4. The molecule has 1 atom stereocenters. The third-order valence-electron chi connectivity index (χ3n) is 5.98. The van der Waals surface area contributed by atoms with Crippen LogP contribution in [0, 0.1) is 33.6 Å². The average Bonchev–Trinajstić information content (AvgIpc) is 3.02. The van der Waals surface area contributed by atoms with Gasteiger partial charge in [-0.2, -0.15) is 0 Å². The normalized spacial score (nSPS) is 12.3. The van der Waals surface area contributed by atoms with E-state index >= 15 is 0 Å². The maximum absolute atomic E-state index is 12.7. The average molecular weight is 456 g/mol. The van der Waals surface area contributed by atoms with Crippen molar-refractivity contribution in [3.05, 3.63) is 44.5 Å². The number of carbonyl (C=O) groups is 3. The fourth-order valence-electron chi connectivity index (χ4n) is 3.84. The summed E-state index contributed by atoms with van der Waals surface area (Å²) >= 11 is 0. The van der Waals surface area contributed by atoms with Crippen molar-refractivity contribution in [1.82, 2.24) is 10.6 Å². The molecule has 9 nitrogen and oxygen atoms in total. The van der Waals surface area contributed by atoms with Gasteiger partial charge < -0.3 is 24.6 Å². The van der Waals surface area contributed by atoms with Crippen molar-refractivity contribution in [2.75, 3.05) is 6.54 Å². The van der Waals surface area contributed by atoms with Crippen LogP contribution in [0.5, 0.6) is 0 Å². The third-order valence-corrected chi connectivity index (χ3v) is 5.98. The van der Waals surface area contributed by atoms with Gasteiger partial charge in [-0.05, 0) is 50.8 Å². The number of hydrogen-bond acceptors (Lipinski definition) is 6. The van der Waals surface area contributed by atoms with Crippen molar-refractivity contribution in [2.24, 2.45) is 5.92 Å². The Morgan fingerprint density at radius 2 is 1.55 bits per heavy atom. The fourth-order valence-corrected chi connectivity index (χ4v) is 3.84. The first kappa shape index (κ1) is 24.0. The summed E-state index contributed by atoms with van der Waals surface area (Å²) < 4.78 is 11.4. The SMILES string of the molecule is Cc1oc2c(C)c3oc(=O)c(CC(=O)NCC(=O)N[C@@H](C(=O)O)C(C)C)c(C)c3cc2c1C. The van der Waals surface area contributed by atoms with Crippen molar-refractivity contribution < 1.29 is 28.3 Å². The van der Waals surface area contributed by atoms with Gasteiger partial charge in [0.25, 0.3) is 0 Å². The zero-order valence-electron chi connectivity index (χ0n) is 19.5. The van der Waals surface area contributed by atoms with Gasteiger partial charge in [0.2, 0.25) is 11.8 Å². The third kappa shape index (κ3) is 4.62. The van der Waals surface area contributed by atoms with Gasteiger partial charge >= 0.3 is 11.6 Å². The number of furan rings is 1. The number of aliphatic carboxylic acids is 1. The molecule has 3 N–H and O–H groups in total. The Bertz CT molecular complexity index is 1330. The zero-order chi connectivity index (χ0) is 24.6. The number of hydrogen-bond donors (Lipinski definition) is 3. The summed E-state index contributed by atoms with van der Waals surface area (Å²) in [5, 5.41) is 15.6. The molecule has 0 aliphatic heterocycles. The summed E-state index contributed by atoms with van der Waals surface area (Å²) in [5.41, 5.74) is 2.97. The van der Waals surface area contributed by atoms with Gasteiger partial charge in [-0.1, -0.05) is 13.8 Å². The quantitative estimate of drug-likeness (QED) is 0.465. The van der Waals surface area contributed by atoms with E-state index in [-0.39, 0.29) is 17.9 Å². The van der Waals surface area contributed by atoms with Crippen LogP contribution >= 0.6 is 0 Å². The summed E-state index contributed by atoms with van der Waals surface area (Å²) in [6.07, 6.45) is -0.273. The minimum Gasteiger partial charge on any atom is -0.480 e. The number of carboxylic acid groups (broad SMARTS) is 1. The molecule has 0 aliphatic carbocycles. The lowest BCUT2D eigenvalue weighted by atomic mass is 9.99. The van der Waals surface area contributed by atoms with Crippen LogP contribution < -0.4 is 16.3 Å². The van der Waals surface area contributed by atoms with E-state index in [0.717, 1.165) is 16.7 Å². The van der Waals surface area contributed by atoms with E-state index in [1.807, 2.05) is 26.8 Å². The minimum atomic E-state index is -1.15. The smallest absolute Gasteiger partial charge is 0.340 e. The van der Waals surface area contributed by atoms with E-state index < -0.39 is 36.0 Å². The first-order valence-corrected chi connectivity index (χ1v) is 10.7. The largest absolute Gasteiger partial charge is 0.480 e. The van der Waals surface area contributed by atoms with E-state index in [1.54, 1.807) is 20.8 Å². The van der Waals surface area contributed by atoms with Crippen LogP contribution in [0.1, 0.15) is 41.9 Å². The summed E-state index contributed by atoms with van der Waals surface area (Å²) in [5.74, 6) is -1.87. The Morgan fingerprint density at radius 1 is 0.939 bits per heavy atom. The lowest BCUT2D eigenvalue weighted by Crippen LogP contribution is -2.48. The monoisotopic (exact) mass is 456 g/mol. The summed E-state index contributed by atoms with van der Waals surface area (Å²) in [4.78, 5) is 48.4. The zero-order valence-corrected chi connectivity index (χ0v) is 19.5. The van der Waals surface area contributed by atoms with Gasteiger partial charge in [0.15, 0.2) is 0 Å². The molecule has 176 valence electrons. The van der Waals surface area contributed by atoms with Crippen LogP contribution in [-0.2, 0) is 20.8 Å². The Morgan fingerprint density at radius 3 is 2.15 bits per heavy atom. The first-order chi connectivity index (χ1) is 15.4. The van der Waals surface area contributed by atoms with E-state index in [9.17, 15) is 19.2 Å². The predicted octanol–water partition coefficient (Wildman–Crippen LogP) is 2.66. The van der Waals surface area contributed by atoms with Gasteiger partial charge in [0.1, 0.15) is 23.0 Å². The number of benzene rings is 1. The summed E-state index contributed by atoms with van der Waals surface area (Å²) in [7, 11) is 0. The second kappa shape index (κ2) is 9.09. The lowest BCUT2D eigenvalue weighted by molar-refractivity contribution is -0.143. The van der Waals surface area contributed by atoms with E-state index in [1.165, 1.54) is 0 Å². The van der Waals surface area contributed by atoms with Gasteiger partial charge in [-0.3, -0.25) is 9.59 Å². The molecule has 33 heavy (non-hydrogen) atoms. The Balaban J connectivity index is 1.83. The Kier molecular flexibility index (Phi) is 6.62. The van der Waals surface area contributed by atoms with E-state index in [2.05, 4.69) is 10.6 Å². The predicted molar refractivity (Wildman–Crippen MR) is 122 cm³/mol. The molecule has 2 amide bonds. The summed E-state index contributed by atoms with van der Waals surface area (Å²) in [6.45, 7) is 10.3. The maximum Gasteiger partial charge on any atom is 0.340 e. The van der Waals surface area contributed by atoms with E-state index in [4.69, 9.17) is 13.9 Å².